The zero-order chi connectivity index (χ0) is 32.8. The van der Waals surface area contributed by atoms with Gasteiger partial charge in [-0.05, 0) is 41.0 Å². The largest absolute Gasteiger partial charge is 0.311 e. The van der Waals surface area contributed by atoms with Crippen LogP contribution in [0.1, 0.15) is 29.7 Å². The number of benzene rings is 7. The van der Waals surface area contributed by atoms with Crippen LogP contribution in [-0.4, -0.2) is 9.13 Å². The van der Waals surface area contributed by atoms with Crippen molar-refractivity contribution in [2.45, 2.75) is 18.6 Å². The van der Waals surface area contributed by atoms with Crippen LogP contribution in [0.4, 0.5) is 0 Å². The summed E-state index contributed by atoms with van der Waals surface area (Å²) in [5.41, 5.74) is 13.5. The molecule has 50 heavy (non-hydrogen) atoms. The number of rotatable bonds is 3. The van der Waals surface area contributed by atoms with Crippen molar-refractivity contribution in [1.82, 2.24) is 25.1 Å². The molecule has 2 aromatic heterocycles. The second kappa shape index (κ2) is 10.8. The zero-order valence-corrected chi connectivity index (χ0v) is 27.2. The van der Waals surface area contributed by atoms with Crippen molar-refractivity contribution in [2.75, 3.05) is 0 Å². The van der Waals surface area contributed by atoms with Crippen molar-refractivity contribution in [3.05, 3.63) is 175 Å². The predicted molar refractivity (Wildman–Crippen MR) is 205 cm³/mol. The molecule has 5 heteroatoms. The molecule has 1 fully saturated rings. The van der Waals surface area contributed by atoms with Gasteiger partial charge in [0.25, 0.3) is 0 Å². The van der Waals surface area contributed by atoms with Crippen LogP contribution in [0.15, 0.2) is 164 Å². The van der Waals surface area contributed by atoms with Crippen molar-refractivity contribution in [3.63, 3.8) is 0 Å². The van der Waals surface area contributed by atoms with Gasteiger partial charge in [-0.3, -0.25) is 16.0 Å². The van der Waals surface area contributed by atoms with Crippen molar-refractivity contribution < 1.29 is 0 Å². The summed E-state index contributed by atoms with van der Waals surface area (Å²) < 4.78 is 4.97. The van der Waals surface area contributed by atoms with E-state index in [9.17, 15) is 0 Å². The number of nitrogens with one attached hydrogen (secondary N) is 3. The van der Waals surface area contributed by atoms with Crippen LogP contribution in [0.2, 0.25) is 0 Å². The minimum atomic E-state index is -0.201. The lowest BCUT2D eigenvalue weighted by atomic mass is 9.90. The molecular weight excluding hydrogens is 611 g/mol. The predicted octanol–water partition coefficient (Wildman–Crippen LogP) is 10.2. The molecule has 11 rings (SSSR count). The lowest BCUT2D eigenvalue weighted by Gasteiger charge is -2.40. The van der Waals surface area contributed by atoms with E-state index in [2.05, 4.69) is 189 Å². The average Bonchev–Trinajstić information content (AvgIpc) is 3.67. The summed E-state index contributed by atoms with van der Waals surface area (Å²) in [6.07, 6.45) is -0.338. The highest BCUT2D eigenvalue weighted by atomic mass is 15.4. The molecule has 0 aliphatic carbocycles. The van der Waals surface area contributed by atoms with E-state index in [-0.39, 0.29) is 18.6 Å². The lowest BCUT2D eigenvalue weighted by molar-refractivity contribution is 0.161. The van der Waals surface area contributed by atoms with E-state index in [0.717, 1.165) is 0 Å². The van der Waals surface area contributed by atoms with E-state index in [1.54, 1.807) is 0 Å². The number of hydrogen-bond acceptors (Lipinski definition) is 3. The average molecular weight is 644 g/mol. The molecule has 0 bridgehead atoms. The van der Waals surface area contributed by atoms with Gasteiger partial charge in [-0.15, -0.1) is 0 Å². The fourth-order valence-corrected chi connectivity index (χ4v) is 8.69. The molecule has 3 N–H and O–H groups in total. The molecule has 2 unspecified atom stereocenters. The number of aromatic nitrogens is 2. The molecule has 4 heterocycles. The van der Waals surface area contributed by atoms with Crippen molar-refractivity contribution in [3.8, 4) is 27.9 Å². The molecule has 0 saturated carbocycles. The summed E-state index contributed by atoms with van der Waals surface area (Å²) in [4.78, 5) is 0. The summed E-state index contributed by atoms with van der Waals surface area (Å²) in [7, 11) is 0. The molecule has 2 atom stereocenters. The van der Waals surface area contributed by atoms with E-state index in [4.69, 9.17) is 0 Å². The van der Waals surface area contributed by atoms with E-state index < -0.39 is 0 Å². The van der Waals surface area contributed by atoms with Crippen LogP contribution in [0, 0.1) is 0 Å². The molecule has 2 aliphatic heterocycles. The van der Waals surface area contributed by atoms with Crippen molar-refractivity contribution in [1.29, 1.82) is 0 Å². The highest BCUT2D eigenvalue weighted by Gasteiger charge is 2.33. The Morgan fingerprint density at radius 2 is 1.00 bits per heavy atom. The van der Waals surface area contributed by atoms with E-state index in [0.29, 0.717) is 0 Å². The Labute approximate surface area is 289 Å². The van der Waals surface area contributed by atoms with Crippen LogP contribution in [0.5, 0.6) is 0 Å². The Morgan fingerprint density at radius 3 is 1.76 bits per heavy atom. The molecular formula is C45H33N5. The maximum atomic E-state index is 3.95. The first-order chi connectivity index (χ1) is 24.8. The van der Waals surface area contributed by atoms with E-state index in [1.807, 2.05) is 0 Å². The fourth-order valence-electron chi connectivity index (χ4n) is 8.69. The number of nitrogens with zero attached hydrogens (tertiary/aromatic N) is 2. The minimum absolute atomic E-state index is 0.0685. The second-order valence-corrected chi connectivity index (χ2v) is 13.4. The number of para-hydroxylation sites is 4. The Hall–Kier alpha value is -5.98. The normalized spacial score (nSPS) is 18.4. The van der Waals surface area contributed by atoms with E-state index in [1.165, 1.54) is 82.7 Å². The maximum absolute atomic E-state index is 3.95. The molecule has 5 nitrogen and oxygen atoms in total. The van der Waals surface area contributed by atoms with Gasteiger partial charge in [-0.25, -0.2) is 0 Å². The van der Waals surface area contributed by atoms with Gasteiger partial charge in [-0.1, -0.05) is 140 Å². The third kappa shape index (κ3) is 3.94. The van der Waals surface area contributed by atoms with Crippen LogP contribution >= 0.6 is 0 Å². The Kier molecular flexibility index (Phi) is 6.01. The van der Waals surface area contributed by atoms with Gasteiger partial charge in [0.15, 0.2) is 0 Å². The third-order valence-corrected chi connectivity index (χ3v) is 10.8. The summed E-state index contributed by atoms with van der Waals surface area (Å²) in [5, 5.41) is 16.8. The van der Waals surface area contributed by atoms with Crippen LogP contribution < -0.4 is 16.0 Å². The maximum Gasteiger partial charge on any atom is 0.142 e. The first-order valence-corrected chi connectivity index (χ1v) is 17.4. The van der Waals surface area contributed by atoms with Gasteiger partial charge < -0.3 is 9.13 Å². The van der Waals surface area contributed by atoms with Crippen LogP contribution in [-0.2, 0) is 0 Å². The standard InChI is InChI=1S/C45H33N5/c1-3-14-28(15-4-1)43-46-44(29-16-5-2-6-17-29)48-45(47-43)50-38-25-12-9-20-34(38)41-39(50)27-26-32-30-18-7-10-23-36(30)49-37-24-11-8-19-31(37)33-21-13-22-35(40(32)41)42(33)49/h1-27,43-48H. The number of fused-ring (bicyclic) bond motifs is 12. The van der Waals surface area contributed by atoms with Gasteiger partial charge in [-0.2, -0.15) is 0 Å². The van der Waals surface area contributed by atoms with E-state index >= 15 is 0 Å². The first-order valence-electron chi connectivity index (χ1n) is 17.4. The molecule has 238 valence electrons. The van der Waals surface area contributed by atoms with Crippen LogP contribution in [0.3, 0.4) is 0 Å². The molecule has 2 aliphatic rings. The third-order valence-electron chi connectivity index (χ3n) is 10.8. The molecule has 7 aromatic carbocycles. The number of hydrogen-bond donors (Lipinski definition) is 3. The summed E-state index contributed by atoms with van der Waals surface area (Å²) in [6, 6.07) is 59.5. The Morgan fingerprint density at radius 1 is 0.400 bits per heavy atom. The van der Waals surface area contributed by atoms with Crippen molar-refractivity contribution in [2.24, 2.45) is 0 Å². The molecule has 1 saturated heterocycles. The molecule has 0 radical (unpaired) electrons. The van der Waals surface area contributed by atoms with Gasteiger partial charge in [0, 0.05) is 38.2 Å². The van der Waals surface area contributed by atoms with Crippen molar-refractivity contribution >= 4 is 43.6 Å². The Bertz CT molecular complexity index is 2710. The SMILES string of the molecule is c1ccc(C2NC(c3ccccc3)NC(n3c4ccccc4c4c5c(ccc43)-c3ccccc3-n3c4ccccc4c4cccc-5c43)N2)cc1. The second-order valence-electron chi connectivity index (χ2n) is 13.4. The zero-order valence-electron chi connectivity index (χ0n) is 27.2. The molecule has 0 spiro atoms. The monoisotopic (exact) mass is 643 g/mol. The first kappa shape index (κ1) is 27.9. The molecule has 0 amide bonds. The summed E-state index contributed by atoms with van der Waals surface area (Å²) >= 11 is 0. The molecule has 9 aromatic rings. The minimum Gasteiger partial charge on any atom is -0.311 e. The van der Waals surface area contributed by atoms with Gasteiger partial charge >= 0.3 is 0 Å². The highest BCUT2D eigenvalue weighted by molar-refractivity contribution is 6.24. The topological polar surface area (TPSA) is 46.0 Å². The smallest absolute Gasteiger partial charge is 0.142 e. The fraction of sp³-hybridized carbons (Fsp3) is 0.0667. The summed E-state index contributed by atoms with van der Waals surface area (Å²) in [6.45, 7) is 0. The quantitative estimate of drug-likeness (QED) is 0.180. The van der Waals surface area contributed by atoms with Crippen LogP contribution in [0.25, 0.3) is 71.6 Å². The van der Waals surface area contributed by atoms with Gasteiger partial charge in [0.05, 0.1) is 40.1 Å². The van der Waals surface area contributed by atoms with Gasteiger partial charge in [0.2, 0.25) is 0 Å². The summed E-state index contributed by atoms with van der Waals surface area (Å²) in [5.74, 6) is 0. The Balaban J connectivity index is 1.22. The van der Waals surface area contributed by atoms with Gasteiger partial charge in [0.1, 0.15) is 6.29 Å². The lowest BCUT2D eigenvalue weighted by Crippen LogP contribution is -2.56. The highest BCUT2D eigenvalue weighted by Crippen LogP contribution is 2.51.